The van der Waals surface area contributed by atoms with Gasteiger partial charge in [-0.25, -0.2) is 4.79 Å². The molecule has 2 rings (SSSR count). The van der Waals surface area contributed by atoms with Gasteiger partial charge in [-0.1, -0.05) is 24.3 Å². The number of carbonyl (C=O) groups is 1. The van der Waals surface area contributed by atoms with E-state index < -0.39 is 16.1 Å². The first-order valence-electron chi connectivity index (χ1n) is 9.53. The fourth-order valence-electron chi connectivity index (χ4n) is 2.54. The summed E-state index contributed by atoms with van der Waals surface area (Å²) in [4.78, 5) is 12.0. The Kier molecular flexibility index (Phi) is 8.73. The second-order valence-corrected chi connectivity index (χ2v) is 7.84. The van der Waals surface area contributed by atoms with Gasteiger partial charge >= 0.3 is 16.1 Å². The minimum absolute atomic E-state index is 0.146. The van der Waals surface area contributed by atoms with E-state index in [2.05, 4.69) is 0 Å². The lowest BCUT2D eigenvalue weighted by molar-refractivity contribution is -0.142. The van der Waals surface area contributed by atoms with Crippen LogP contribution in [0.3, 0.4) is 0 Å². The lowest BCUT2D eigenvalue weighted by Gasteiger charge is -2.09. The first-order valence-corrected chi connectivity index (χ1v) is 11.3. The smallest absolute Gasteiger partial charge is 0.373 e. The van der Waals surface area contributed by atoms with Crippen LogP contribution in [0.1, 0.15) is 25.0 Å². The van der Waals surface area contributed by atoms with Gasteiger partial charge in [-0.05, 0) is 55.3 Å². The molecule has 7 nitrogen and oxygen atoms in total. The summed E-state index contributed by atoms with van der Waals surface area (Å²) in [5, 5.41) is 0. The van der Waals surface area contributed by atoms with Gasteiger partial charge in [0, 0.05) is 6.42 Å². The molecule has 0 heterocycles. The van der Waals surface area contributed by atoms with Gasteiger partial charge in [0.25, 0.3) is 0 Å². The third-order valence-electron chi connectivity index (χ3n) is 3.76. The number of esters is 1. The van der Waals surface area contributed by atoms with Crippen LogP contribution in [-0.2, 0) is 30.8 Å². The normalized spacial score (nSPS) is 11.6. The Labute approximate surface area is 177 Å². The third kappa shape index (κ3) is 8.16. The van der Waals surface area contributed by atoms with Crippen LogP contribution in [0.2, 0.25) is 0 Å². The molecule has 0 N–H and O–H groups in total. The van der Waals surface area contributed by atoms with Gasteiger partial charge in [0.2, 0.25) is 5.76 Å². The highest BCUT2D eigenvalue weighted by Crippen LogP contribution is 2.18. The zero-order chi connectivity index (χ0) is 22.0. The number of hydrogen-bond acceptors (Lipinski definition) is 7. The SMILES string of the molecule is CCOC(=O)C(=Cc1cccc(OCCc2ccc(OS(C)(=O)=O)cc2)c1)OCC. The maximum atomic E-state index is 12.0. The van der Waals surface area contributed by atoms with Crippen molar-refractivity contribution in [1.82, 2.24) is 0 Å². The van der Waals surface area contributed by atoms with Gasteiger partial charge in [0.05, 0.1) is 26.1 Å². The van der Waals surface area contributed by atoms with E-state index in [1.807, 2.05) is 18.2 Å². The molecule has 0 aliphatic heterocycles. The number of ether oxygens (including phenoxy) is 3. The topological polar surface area (TPSA) is 88.1 Å². The molecular formula is C22H26O7S. The molecular weight excluding hydrogens is 408 g/mol. The summed E-state index contributed by atoms with van der Waals surface area (Å²) in [5.74, 6) is 0.565. The summed E-state index contributed by atoms with van der Waals surface area (Å²) in [6.07, 6.45) is 3.25. The molecule has 0 aliphatic rings. The highest BCUT2D eigenvalue weighted by Gasteiger charge is 2.12. The molecule has 2 aromatic carbocycles. The molecule has 0 amide bonds. The van der Waals surface area contributed by atoms with Gasteiger partial charge in [0.15, 0.2) is 0 Å². The maximum Gasteiger partial charge on any atom is 0.373 e. The summed E-state index contributed by atoms with van der Waals surface area (Å²) >= 11 is 0. The van der Waals surface area contributed by atoms with Crippen molar-refractivity contribution in [1.29, 1.82) is 0 Å². The van der Waals surface area contributed by atoms with Crippen LogP contribution in [0.5, 0.6) is 11.5 Å². The summed E-state index contributed by atoms with van der Waals surface area (Å²) in [6, 6.07) is 14.1. The van der Waals surface area contributed by atoms with Gasteiger partial charge in [-0.3, -0.25) is 0 Å². The van der Waals surface area contributed by atoms with E-state index in [-0.39, 0.29) is 18.1 Å². The van der Waals surface area contributed by atoms with Crippen molar-refractivity contribution in [2.75, 3.05) is 26.1 Å². The van der Waals surface area contributed by atoms with Gasteiger partial charge in [-0.2, -0.15) is 8.42 Å². The number of rotatable bonds is 11. The van der Waals surface area contributed by atoms with Crippen LogP contribution in [0.25, 0.3) is 6.08 Å². The predicted octanol–water partition coefficient (Wildman–Crippen LogP) is 3.59. The zero-order valence-electron chi connectivity index (χ0n) is 17.3. The highest BCUT2D eigenvalue weighted by molar-refractivity contribution is 7.86. The average molecular weight is 435 g/mol. The molecule has 0 bridgehead atoms. The Morgan fingerprint density at radius 2 is 1.67 bits per heavy atom. The lowest BCUT2D eigenvalue weighted by atomic mass is 10.1. The van der Waals surface area contributed by atoms with E-state index in [4.69, 9.17) is 18.4 Å². The van der Waals surface area contributed by atoms with E-state index in [1.165, 1.54) is 0 Å². The first-order chi connectivity index (χ1) is 14.3. The number of carbonyl (C=O) groups excluding carboxylic acids is 1. The summed E-state index contributed by atoms with van der Waals surface area (Å²) < 4.78 is 43.3. The van der Waals surface area contributed by atoms with E-state index in [9.17, 15) is 13.2 Å². The van der Waals surface area contributed by atoms with Crippen LogP contribution in [0, 0.1) is 0 Å². The molecule has 0 atom stereocenters. The Balaban J connectivity index is 1.96. The van der Waals surface area contributed by atoms with Crippen molar-refractivity contribution in [3.05, 3.63) is 65.4 Å². The van der Waals surface area contributed by atoms with Crippen LogP contribution < -0.4 is 8.92 Å². The molecule has 162 valence electrons. The molecule has 30 heavy (non-hydrogen) atoms. The van der Waals surface area contributed by atoms with Crippen molar-refractivity contribution < 1.29 is 31.6 Å². The quantitative estimate of drug-likeness (QED) is 0.231. The fourth-order valence-corrected chi connectivity index (χ4v) is 3.00. The second kappa shape index (κ2) is 11.3. The van der Waals surface area contributed by atoms with Crippen molar-refractivity contribution in [2.24, 2.45) is 0 Å². The summed E-state index contributed by atoms with van der Waals surface area (Å²) in [7, 11) is -3.54. The molecule has 0 aromatic heterocycles. The van der Waals surface area contributed by atoms with E-state index in [0.717, 1.165) is 17.4 Å². The molecule has 0 unspecified atom stereocenters. The largest absolute Gasteiger partial charge is 0.493 e. The third-order valence-corrected chi connectivity index (χ3v) is 4.26. The molecule has 0 spiro atoms. The Bertz CT molecular complexity index is 963. The zero-order valence-corrected chi connectivity index (χ0v) is 18.1. The van der Waals surface area contributed by atoms with E-state index in [0.29, 0.717) is 25.4 Å². The first kappa shape index (κ1) is 23.3. The van der Waals surface area contributed by atoms with Crippen molar-refractivity contribution in [2.45, 2.75) is 20.3 Å². The van der Waals surface area contributed by atoms with Crippen LogP contribution >= 0.6 is 0 Å². The van der Waals surface area contributed by atoms with Crippen molar-refractivity contribution >= 4 is 22.2 Å². The predicted molar refractivity (Wildman–Crippen MR) is 114 cm³/mol. The summed E-state index contributed by atoms with van der Waals surface area (Å²) in [6.45, 7) is 4.59. The minimum atomic E-state index is -3.54. The molecule has 0 saturated carbocycles. The second-order valence-electron chi connectivity index (χ2n) is 6.26. The van der Waals surface area contributed by atoms with E-state index >= 15 is 0 Å². The van der Waals surface area contributed by atoms with Gasteiger partial charge < -0.3 is 18.4 Å². The summed E-state index contributed by atoms with van der Waals surface area (Å²) in [5.41, 5.74) is 1.74. The average Bonchev–Trinajstić information content (AvgIpc) is 2.68. The Morgan fingerprint density at radius 3 is 2.30 bits per heavy atom. The highest BCUT2D eigenvalue weighted by atomic mass is 32.2. The van der Waals surface area contributed by atoms with Crippen LogP contribution in [0.15, 0.2) is 54.3 Å². The minimum Gasteiger partial charge on any atom is -0.493 e. The molecule has 0 radical (unpaired) electrons. The van der Waals surface area contributed by atoms with E-state index in [1.54, 1.807) is 50.3 Å². The van der Waals surface area contributed by atoms with Crippen molar-refractivity contribution in [3.63, 3.8) is 0 Å². The fraction of sp³-hybridized carbons (Fsp3) is 0.318. The number of benzene rings is 2. The van der Waals surface area contributed by atoms with Crippen LogP contribution in [-0.4, -0.2) is 40.5 Å². The molecule has 2 aromatic rings. The standard InChI is InChI=1S/C22H26O7S/c1-4-26-21(22(23)27-5-2)16-18-7-6-8-20(15-18)28-14-13-17-9-11-19(12-10-17)29-30(3,24)25/h6-12,15-16H,4-5,13-14H2,1-3H3. The van der Waals surface area contributed by atoms with Gasteiger partial charge in [-0.15, -0.1) is 0 Å². The molecule has 0 fully saturated rings. The Hall–Kier alpha value is -3.00. The Morgan fingerprint density at radius 1 is 0.967 bits per heavy atom. The molecule has 0 saturated heterocycles. The maximum absolute atomic E-state index is 12.0. The lowest BCUT2D eigenvalue weighted by Crippen LogP contribution is -2.10. The molecule has 0 aliphatic carbocycles. The van der Waals surface area contributed by atoms with Gasteiger partial charge in [0.1, 0.15) is 11.5 Å². The number of hydrogen-bond donors (Lipinski definition) is 0. The monoisotopic (exact) mass is 434 g/mol. The van der Waals surface area contributed by atoms with Crippen LogP contribution in [0.4, 0.5) is 0 Å². The molecule has 8 heteroatoms. The van der Waals surface area contributed by atoms with Crippen molar-refractivity contribution in [3.8, 4) is 11.5 Å².